The average Bonchev–Trinajstić information content (AvgIpc) is 2.43. The van der Waals surface area contributed by atoms with E-state index in [2.05, 4.69) is 26.0 Å². The van der Waals surface area contributed by atoms with Crippen molar-refractivity contribution < 1.29 is 9.90 Å². The minimum Gasteiger partial charge on any atom is -0.389 e. The van der Waals surface area contributed by atoms with E-state index in [0.717, 1.165) is 35.8 Å². The van der Waals surface area contributed by atoms with Gasteiger partial charge in [0.1, 0.15) is 6.29 Å². The van der Waals surface area contributed by atoms with Gasteiger partial charge in [-0.25, -0.2) is 0 Å². The molecule has 1 N–H and O–H groups in total. The first kappa shape index (κ1) is 18.4. The lowest BCUT2D eigenvalue weighted by molar-refractivity contribution is -0.104. The summed E-state index contributed by atoms with van der Waals surface area (Å²) in [6.07, 6.45) is 13.9. The van der Waals surface area contributed by atoms with E-state index in [1.807, 2.05) is 39.0 Å². The van der Waals surface area contributed by atoms with Crippen LogP contribution in [-0.2, 0) is 4.79 Å². The van der Waals surface area contributed by atoms with Gasteiger partial charge in [0.05, 0.1) is 6.10 Å². The van der Waals surface area contributed by atoms with Crippen LogP contribution in [-0.4, -0.2) is 17.5 Å². The molecule has 0 fully saturated rings. The summed E-state index contributed by atoms with van der Waals surface area (Å²) in [4.78, 5) is 10.3. The largest absolute Gasteiger partial charge is 0.389 e. The molecule has 0 unspecified atom stereocenters. The molecule has 120 valence electrons. The van der Waals surface area contributed by atoms with Crippen LogP contribution < -0.4 is 0 Å². The molecule has 0 amide bonds. The summed E-state index contributed by atoms with van der Waals surface area (Å²) in [5.41, 5.74) is 4.49. The van der Waals surface area contributed by atoms with Crippen molar-refractivity contribution in [3.8, 4) is 0 Å². The Hall–Kier alpha value is -1.67. The summed E-state index contributed by atoms with van der Waals surface area (Å²) < 4.78 is 0. The van der Waals surface area contributed by atoms with E-state index < -0.39 is 0 Å². The maximum absolute atomic E-state index is 10.3. The third-order valence-corrected chi connectivity index (χ3v) is 4.26. The van der Waals surface area contributed by atoms with Gasteiger partial charge in [0.15, 0.2) is 0 Å². The lowest BCUT2D eigenvalue weighted by atomic mass is 9.71. The Morgan fingerprint density at radius 2 is 1.82 bits per heavy atom. The van der Waals surface area contributed by atoms with Gasteiger partial charge in [0.2, 0.25) is 0 Å². The van der Waals surface area contributed by atoms with Crippen LogP contribution in [0.15, 0.2) is 58.7 Å². The number of carbonyl (C=O) groups excluding carboxylic acids is 1. The number of aliphatic hydroxyl groups is 1. The Bertz CT molecular complexity index is 554. The smallest absolute Gasteiger partial charge is 0.143 e. The molecule has 0 bridgehead atoms. The first-order chi connectivity index (χ1) is 10.3. The van der Waals surface area contributed by atoms with Crippen molar-refractivity contribution in [1.82, 2.24) is 0 Å². The monoisotopic (exact) mass is 300 g/mol. The molecule has 0 aromatic heterocycles. The predicted octanol–water partition coefficient (Wildman–Crippen LogP) is 4.69. The minimum absolute atomic E-state index is 0.110. The number of hydrogen-bond donors (Lipinski definition) is 1. The molecule has 0 saturated carbocycles. The molecule has 0 radical (unpaired) electrons. The molecule has 2 heteroatoms. The summed E-state index contributed by atoms with van der Waals surface area (Å²) in [7, 11) is 0. The van der Waals surface area contributed by atoms with Gasteiger partial charge < -0.3 is 5.11 Å². The Balaban J connectivity index is 2.88. The molecule has 22 heavy (non-hydrogen) atoms. The second-order valence-corrected chi connectivity index (χ2v) is 6.68. The molecule has 2 nitrogen and oxygen atoms in total. The third kappa shape index (κ3) is 5.27. The van der Waals surface area contributed by atoms with Crippen molar-refractivity contribution in [3.05, 3.63) is 58.7 Å². The van der Waals surface area contributed by atoms with Crippen LogP contribution in [0, 0.1) is 5.41 Å². The van der Waals surface area contributed by atoms with Crippen molar-refractivity contribution >= 4 is 6.29 Å². The van der Waals surface area contributed by atoms with Crippen LogP contribution in [0.1, 0.15) is 47.5 Å². The van der Waals surface area contributed by atoms with E-state index in [9.17, 15) is 9.90 Å². The summed E-state index contributed by atoms with van der Waals surface area (Å²) in [5, 5.41) is 10.0. The molecule has 1 aliphatic carbocycles. The van der Waals surface area contributed by atoms with Gasteiger partial charge in [-0.05, 0) is 61.8 Å². The Labute approximate surface area is 134 Å². The fraction of sp³-hybridized carbons (Fsp3) is 0.450. The summed E-state index contributed by atoms with van der Waals surface area (Å²) in [6, 6.07) is 0. The fourth-order valence-electron chi connectivity index (χ4n) is 2.70. The normalized spacial score (nSPS) is 23.6. The topological polar surface area (TPSA) is 37.3 Å². The fourth-order valence-corrected chi connectivity index (χ4v) is 2.70. The predicted molar refractivity (Wildman–Crippen MR) is 93.6 cm³/mol. The van der Waals surface area contributed by atoms with E-state index >= 15 is 0 Å². The molecule has 1 atom stereocenters. The molecule has 0 heterocycles. The molecular formula is C20H28O2. The molecule has 0 aromatic carbocycles. The maximum atomic E-state index is 10.3. The van der Waals surface area contributed by atoms with Crippen molar-refractivity contribution in [2.24, 2.45) is 5.41 Å². The Morgan fingerprint density at radius 3 is 2.45 bits per heavy atom. The number of aldehydes is 1. The Morgan fingerprint density at radius 1 is 1.18 bits per heavy atom. The van der Waals surface area contributed by atoms with Crippen molar-refractivity contribution in [2.45, 2.75) is 53.6 Å². The zero-order valence-corrected chi connectivity index (χ0v) is 14.4. The quantitative estimate of drug-likeness (QED) is 0.454. The number of carbonyl (C=O) groups is 1. The summed E-state index contributed by atoms with van der Waals surface area (Å²) in [6.45, 7) is 10.4. The van der Waals surface area contributed by atoms with E-state index in [4.69, 9.17) is 0 Å². The van der Waals surface area contributed by atoms with Crippen LogP contribution in [0.5, 0.6) is 0 Å². The van der Waals surface area contributed by atoms with Crippen molar-refractivity contribution in [3.63, 3.8) is 0 Å². The highest BCUT2D eigenvalue weighted by Crippen LogP contribution is 2.40. The van der Waals surface area contributed by atoms with Crippen LogP contribution in [0.4, 0.5) is 0 Å². The van der Waals surface area contributed by atoms with Crippen LogP contribution in [0.25, 0.3) is 0 Å². The van der Waals surface area contributed by atoms with Gasteiger partial charge >= 0.3 is 0 Å². The SMILES string of the molecule is CC1=C(/C=C/C(C)=C/C=C\C(C)=C\C=O)C(C)(C)CC[C@@H]1O. The van der Waals surface area contributed by atoms with Gasteiger partial charge in [-0.15, -0.1) is 0 Å². The average molecular weight is 300 g/mol. The lowest BCUT2D eigenvalue weighted by Crippen LogP contribution is -2.27. The molecule has 0 spiro atoms. The number of rotatable bonds is 5. The molecule has 1 aliphatic rings. The van der Waals surface area contributed by atoms with E-state index in [-0.39, 0.29) is 11.5 Å². The first-order valence-electron chi connectivity index (χ1n) is 7.82. The third-order valence-electron chi connectivity index (χ3n) is 4.26. The highest BCUT2D eigenvalue weighted by Gasteiger charge is 2.30. The number of allylic oxidation sites excluding steroid dienone is 9. The van der Waals surface area contributed by atoms with Gasteiger partial charge in [-0.2, -0.15) is 0 Å². The lowest BCUT2D eigenvalue weighted by Gasteiger charge is -2.35. The highest BCUT2D eigenvalue weighted by atomic mass is 16.3. The van der Waals surface area contributed by atoms with Gasteiger partial charge in [0.25, 0.3) is 0 Å². The molecule has 1 rings (SSSR count). The minimum atomic E-state index is -0.312. The van der Waals surface area contributed by atoms with Gasteiger partial charge in [0, 0.05) is 0 Å². The Kier molecular flexibility index (Phi) is 6.76. The van der Waals surface area contributed by atoms with Gasteiger partial charge in [-0.1, -0.05) is 49.8 Å². The second kappa shape index (κ2) is 8.09. The standard InChI is InChI=1S/C20H28O2/c1-15(7-6-8-16(2)12-14-21)9-10-18-17(3)19(22)11-13-20(18,4)5/h6-10,12,14,19,22H,11,13H2,1-5H3/b8-6-,10-9+,15-7+,16-12+/t19-/m0/s1. The number of aliphatic hydroxyl groups excluding tert-OH is 1. The number of hydrogen-bond acceptors (Lipinski definition) is 2. The van der Waals surface area contributed by atoms with E-state index in [1.165, 1.54) is 11.6 Å². The zero-order valence-electron chi connectivity index (χ0n) is 14.4. The molecule has 0 aromatic rings. The highest BCUT2D eigenvalue weighted by molar-refractivity contribution is 5.66. The van der Waals surface area contributed by atoms with E-state index in [0.29, 0.717) is 0 Å². The molecular weight excluding hydrogens is 272 g/mol. The van der Waals surface area contributed by atoms with Crippen LogP contribution in [0.3, 0.4) is 0 Å². The van der Waals surface area contributed by atoms with E-state index in [1.54, 1.807) is 0 Å². The van der Waals surface area contributed by atoms with Crippen molar-refractivity contribution in [1.29, 1.82) is 0 Å². The molecule has 0 aliphatic heterocycles. The van der Waals surface area contributed by atoms with Crippen LogP contribution in [0.2, 0.25) is 0 Å². The zero-order chi connectivity index (χ0) is 16.8. The first-order valence-corrected chi connectivity index (χ1v) is 7.82. The van der Waals surface area contributed by atoms with Crippen LogP contribution >= 0.6 is 0 Å². The molecule has 0 saturated heterocycles. The van der Waals surface area contributed by atoms with Gasteiger partial charge in [-0.3, -0.25) is 4.79 Å². The van der Waals surface area contributed by atoms with Crippen molar-refractivity contribution in [2.75, 3.05) is 0 Å². The summed E-state index contributed by atoms with van der Waals surface area (Å²) >= 11 is 0. The maximum Gasteiger partial charge on any atom is 0.143 e. The summed E-state index contributed by atoms with van der Waals surface area (Å²) in [5.74, 6) is 0. The second-order valence-electron chi connectivity index (χ2n) is 6.68.